The van der Waals surface area contributed by atoms with Crippen LogP contribution in [0.5, 0.6) is 0 Å². The van der Waals surface area contributed by atoms with Crippen molar-refractivity contribution in [3.8, 4) is 0 Å². The molecule has 1 aromatic rings. The Labute approximate surface area is 122 Å². The fourth-order valence-corrected chi connectivity index (χ4v) is 2.42. The Morgan fingerprint density at radius 2 is 2.11 bits per heavy atom. The number of anilines is 1. The second-order valence-corrected chi connectivity index (χ2v) is 4.92. The molecule has 0 aliphatic carbocycles. The van der Waals surface area contributed by atoms with Crippen LogP contribution in [0.1, 0.15) is 5.56 Å². The average molecular weight is 357 g/mol. The zero-order chi connectivity index (χ0) is 14.6. The molecule has 0 bridgehead atoms. The van der Waals surface area contributed by atoms with Crippen molar-refractivity contribution in [1.29, 1.82) is 0 Å². The first-order valence-electron chi connectivity index (χ1n) is 5.30. The Kier molecular flexibility index (Phi) is 6.02. The van der Waals surface area contributed by atoms with Gasteiger partial charge in [0.05, 0.1) is 23.3 Å². The van der Waals surface area contributed by atoms with Gasteiger partial charge in [0.2, 0.25) is 0 Å². The minimum atomic E-state index is -2.64. The maximum absolute atomic E-state index is 14.1. The summed E-state index contributed by atoms with van der Waals surface area (Å²) in [4.78, 5) is 1.06. The smallest absolute Gasteiger partial charge is 0.255 e. The predicted molar refractivity (Wildman–Crippen MR) is 75.3 cm³/mol. The van der Waals surface area contributed by atoms with Gasteiger partial charge in [-0.25, -0.2) is 13.2 Å². The van der Waals surface area contributed by atoms with Crippen LogP contribution >= 0.6 is 28.1 Å². The number of hydrogen-bond acceptors (Lipinski definition) is 3. The first-order chi connectivity index (χ1) is 8.88. The van der Waals surface area contributed by atoms with Gasteiger partial charge in [0, 0.05) is 12.1 Å². The molecule has 106 valence electrons. The van der Waals surface area contributed by atoms with Gasteiger partial charge in [-0.1, -0.05) is 12.2 Å². The Bertz CT molecular complexity index is 473. The molecule has 0 aliphatic heterocycles. The second kappa shape index (κ2) is 7.06. The number of aliphatic hydroxyl groups excluding tert-OH is 1. The molecule has 0 unspecified atom stereocenters. The maximum atomic E-state index is 14.1. The number of benzene rings is 1. The predicted octanol–water partition coefficient (Wildman–Crippen LogP) is 2.29. The zero-order valence-corrected chi connectivity index (χ0v) is 12.1. The van der Waals surface area contributed by atoms with Crippen molar-refractivity contribution in [1.82, 2.24) is 0 Å². The summed E-state index contributed by atoms with van der Waals surface area (Å²) in [7, 11) is 0. The van der Waals surface area contributed by atoms with Crippen LogP contribution in [0, 0.1) is 5.82 Å². The molecule has 19 heavy (non-hydrogen) atoms. The third-order valence-electron chi connectivity index (χ3n) is 2.40. The molecule has 0 amide bonds. The van der Waals surface area contributed by atoms with Gasteiger partial charge in [0.1, 0.15) is 4.99 Å². The van der Waals surface area contributed by atoms with E-state index in [0.717, 1.165) is 4.90 Å². The molecule has 8 heteroatoms. The normalized spacial score (nSPS) is 10.8. The lowest BCUT2D eigenvalue weighted by Crippen LogP contribution is -2.32. The number of rotatable bonds is 6. The number of halogens is 4. The maximum Gasteiger partial charge on any atom is 0.255 e. The lowest BCUT2D eigenvalue weighted by atomic mass is 10.2. The quantitative estimate of drug-likeness (QED) is 0.767. The van der Waals surface area contributed by atoms with Gasteiger partial charge in [-0.15, -0.1) is 0 Å². The Morgan fingerprint density at radius 3 is 2.58 bits per heavy atom. The van der Waals surface area contributed by atoms with E-state index in [1.165, 1.54) is 12.1 Å². The van der Waals surface area contributed by atoms with Gasteiger partial charge in [-0.3, -0.25) is 0 Å². The van der Waals surface area contributed by atoms with Crippen LogP contribution in [0.3, 0.4) is 0 Å². The van der Waals surface area contributed by atoms with E-state index < -0.39 is 18.8 Å². The van der Waals surface area contributed by atoms with Crippen LogP contribution < -0.4 is 10.6 Å². The lowest BCUT2D eigenvalue weighted by Gasteiger charge is -2.24. The van der Waals surface area contributed by atoms with Crippen molar-refractivity contribution in [3.63, 3.8) is 0 Å². The summed E-state index contributed by atoms with van der Waals surface area (Å²) >= 11 is 7.74. The van der Waals surface area contributed by atoms with Gasteiger partial charge in [0.15, 0.2) is 5.82 Å². The number of hydrogen-bond donors (Lipinski definition) is 2. The second-order valence-electron chi connectivity index (χ2n) is 3.69. The molecule has 1 rings (SSSR count). The van der Waals surface area contributed by atoms with Gasteiger partial charge in [-0.05, 0) is 28.1 Å². The fourth-order valence-electron chi connectivity index (χ4n) is 1.57. The summed E-state index contributed by atoms with van der Waals surface area (Å²) in [6, 6.07) is 2.76. The van der Waals surface area contributed by atoms with E-state index in [4.69, 9.17) is 23.1 Å². The van der Waals surface area contributed by atoms with Crippen molar-refractivity contribution in [3.05, 3.63) is 28.0 Å². The molecule has 0 saturated carbocycles. The van der Waals surface area contributed by atoms with Gasteiger partial charge < -0.3 is 15.7 Å². The van der Waals surface area contributed by atoms with Crippen LogP contribution in [0.15, 0.2) is 16.6 Å². The number of aliphatic hydroxyl groups is 1. The molecule has 0 aliphatic rings. The highest BCUT2D eigenvalue weighted by Crippen LogP contribution is 2.29. The summed E-state index contributed by atoms with van der Waals surface area (Å²) in [5, 5.41) is 8.85. The fraction of sp³-hybridized carbons (Fsp3) is 0.364. The van der Waals surface area contributed by atoms with E-state index in [9.17, 15) is 13.2 Å². The van der Waals surface area contributed by atoms with Gasteiger partial charge >= 0.3 is 0 Å². The summed E-state index contributed by atoms with van der Waals surface area (Å²) < 4.78 is 39.0. The summed E-state index contributed by atoms with van der Waals surface area (Å²) in [5.74, 6) is -0.737. The van der Waals surface area contributed by atoms with E-state index in [-0.39, 0.29) is 33.9 Å². The third kappa shape index (κ3) is 4.05. The molecule has 0 atom stereocenters. The molecule has 0 aromatic heterocycles. The summed E-state index contributed by atoms with van der Waals surface area (Å²) in [6.07, 6.45) is -2.64. The monoisotopic (exact) mass is 356 g/mol. The average Bonchev–Trinajstić information content (AvgIpc) is 2.31. The van der Waals surface area contributed by atoms with E-state index in [2.05, 4.69) is 15.9 Å². The van der Waals surface area contributed by atoms with E-state index in [1.54, 1.807) is 0 Å². The Morgan fingerprint density at radius 1 is 1.47 bits per heavy atom. The van der Waals surface area contributed by atoms with Gasteiger partial charge in [-0.2, -0.15) is 0 Å². The number of nitrogens with two attached hydrogens (primary N) is 1. The van der Waals surface area contributed by atoms with E-state index in [0.29, 0.717) is 0 Å². The molecule has 0 fully saturated rings. The highest BCUT2D eigenvalue weighted by atomic mass is 79.9. The van der Waals surface area contributed by atoms with Crippen molar-refractivity contribution in [2.24, 2.45) is 5.73 Å². The summed E-state index contributed by atoms with van der Waals surface area (Å²) in [5.41, 5.74) is 5.66. The zero-order valence-electron chi connectivity index (χ0n) is 9.75. The number of alkyl halides is 2. The SMILES string of the molecule is NC(=S)c1ccc(N(CCO)CC(F)F)c(F)c1Br. The first-order valence-corrected chi connectivity index (χ1v) is 6.50. The molecule has 3 nitrogen and oxygen atoms in total. The van der Waals surface area contributed by atoms with Crippen LogP contribution in [-0.2, 0) is 0 Å². The highest BCUT2D eigenvalue weighted by molar-refractivity contribution is 9.10. The first kappa shape index (κ1) is 16.2. The van der Waals surface area contributed by atoms with Crippen LogP contribution in [0.4, 0.5) is 18.9 Å². The molecule has 0 heterocycles. The van der Waals surface area contributed by atoms with E-state index >= 15 is 0 Å². The third-order valence-corrected chi connectivity index (χ3v) is 3.39. The largest absolute Gasteiger partial charge is 0.395 e. The van der Waals surface area contributed by atoms with Crippen LogP contribution in [0.25, 0.3) is 0 Å². The standard InChI is InChI=1S/C11H12BrF3N2OS/c12-9-6(11(16)19)1-2-7(10(9)15)17(3-4-18)5-8(13)14/h1-2,8,18H,3-5H2,(H2,16,19). The van der Waals surface area contributed by atoms with Crippen molar-refractivity contribution in [2.75, 3.05) is 24.6 Å². The molecule has 0 spiro atoms. The molecule has 0 saturated heterocycles. The Balaban J connectivity index is 3.17. The number of nitrogens with zero attached hydrogens (tertiary/aromatic N) is 1. The van der Waals surface area contributed by atoms with Crippen LogP contribution in [0.2, 0.25) is 0 Å². The molecule has 3 N–H and O–H groups in total. The molecule has 1 aromatic carbocycles. The highest BCUT2D eigenvalue weighted by Gasteiger charge is 2.19. The molecular formula is C11H12BrF3N2OS. The molecule has 0 radical (unpaired) electrons. The Hall–Kier alpha value is -0.860. The van der Waals surface area contributed by atoms with Crippen molar-refractivity contribution < 1.29 is 18.3 Å². The molecular weight excluding hydrogens is 345 g/mol. The topological polar surface area (TPSA) is 49.5 Å². The van der Waals surface area contributed by atoms with Crippen molar-refractivity contribution in [2.45, 2.75) is 6.43 Å². The van der Waals surface area contributed by atoms with E-state index in [1.807, 2.05) is 0 Å². The number of thiocarbonyl (C=S) groups is 1. The van der Waals surface area contributed by atoms with Crippen LogP contribution in [-0.4, -0.2) is 36.2 Å². The van der Waals surface area contributed by atoms with Crippen molar-refractivity contribution >= 4 is 38.8 Å². The summed E-state index contributed by atoms with van der Waals surface area (Å²) in [6.45, 7) is -1.13. The van der Waals surface area contributed by atoms with Gasteiger partial charge in [0.25, 0.3) is 6.43 Å². The minimum Gasteiger partial charge on any atom is -0.395 e. The minimum absolute atomic E-state index is 0.0000993. The lowest BCUT2D eigenvalue weighted by molar-refractivity contribution is 0.152.